The topological polar surface area (TPSA) is 76.1 Å². The standard InChI is InChI=1S/C12H18N4O2/c1-13-11-3-2-10(15-16-11)12(17)14-8-9-4-6-18-7-5-9/h2-3,9H,4-8H2,1H3,(H,13,16)(H,14,17). The fraction of sp³-hybridized carbons (Fsp3) is 0.583. The summed E-state index contributed by atoms with van der Waals surface area (Å²) in [7, 11) is 1.76. The van der Waals surface area contributed by atoms with E-state index in [2.05, 4.69) is 20.8 Å². The highest BCUT2D eigenvalue weighted by atomic mass is 16.5. The molecule has 1 fully saturated rings. The van der Waals surface area contributed by atoms with Gasteiger partial charge in [-0.25, -0.2) is 0 Å². The predicted molar refractivity (Wildman–Crippen MR) is 67.5 cm³/mol. The van der Waals surface area contributed by atoms with Gasteiger partial charge in [0.15, 0.2) is 5.69 Å². The zero-order chi connectivity index (χ0) is 12.8. The molecule has 0 unspecified atom stereocenters. The Labute approximate surface area is 106 Å². The Hall–Kier alpha value is -1.69. The second-order valence-electron chi connectivity index (χ2n) is 4.32. The predicted octanol–water partition coefficient (Wildman–Crippen LogP) is 0.675. The van der Waals surface area contributed by atoms with Crippen LogP contribution in [0.3, 0.4) is 0 Å². The fourth-order valence-corrected chi connectivity index (χ4v) is 1.86. The Morgan fingerprint density at radius 3 is 2.78 bits per heavy atom. The lowest BCUT2D eigenvalue weighted by Gasteiger charge is -2.21. The molecule has 0 atom stereocenters. The van der Waals surface area contributed by atoms with E-state index < -0.39 is 0 Å². The quantitative estimate of drug-likeness (QED) is 0.821. The Morgan fingerprint density at radius 1 is 1.39 bits per heavy atom. The van der Waals surface area contributed by atoms with Crippen molar-refractivity contribution in [2.75, 3.05) is 32.1 Å². The number of nitrogens with zero attached hydrogens (tertiary/aromatic N) is 2. The Morgan fingerprint density at radius 2 is 2.17 bits per heavy atom. The van der Waals surface area contributed by atoms with Crippen molar-refractivity contribution in [2.45, 2.75) is 12.8 Å². The minimum Gasteiger partial charge on any atom is -0.381 e. The molecule has 1 aliphatic rings. The molecule has 18 heavy (non-hydrogen) atoms. The summed E-state index contributed by atoms with van der Waals surface area (Å²) in [6.07, 6.45) is 2.01. The fourth-order valence-electron chi connectivity index (χ4n) is 1.86. The van der Waals surface area contributed by atoms with Gasteiger partial charge in [-0.1, -0.05) is 0 Å². The van der Waals surface area contributed by atoms with Crippen molar-refractivity contribution in [3.8, 4) is 0 Å². The summed E-state index contributed by atoms with van der Waals surface area (Å²) < 4.78 is 5.27. The molecule has 0 radical (unpaired) electrons. The van der Waals surface area contributed by atoms with E-state index in [-0.39, 0.29) is 5.91 Å². The molecule has 98 valence electrons. The lowest BCUT2D eigenvalue weighted by atomic mass is 10.0. The number of amides is 1. The highest BCUT2D eigenvalue weighted by Crippen LogP contribution is 2.13. The molecular weight excluding hydrogens is 232 g/mol. The second kappa shape index (κ2) is 6.30. The molecule has 0 aliphatic carbocycles. The molecule has 2 N–H and O–H groups in total. The summed E-state index contributed by atoms with van der Waals surface area (Å²) in [6.45, 7) is 2.26. The largest absolute Gasteiger partial charge is 0.381 e. The smallest absolute Gasteiger partial charge is 0.271 e. The van der Waals surface area contributed by atoms with Crippen molar-refractivity contribution in [3.05, 3.63) is 17.8 Å². The first-order valence-corrected chi connectivity index (χ1v) is 6.17. The van der Waals surface area contributed by atoms with E-state index in [1.165, 1.54) is 0 Å². The third-order valence-electron chi connectivity index (χ3n) is 3.05. The van der Waals surface area contributed by atoms with Gasteiger partial charge in [-0.05, 0) is 30.9 Å². The number of ether oxygens (including phenoxy) is 1. The van der Waals surface area contributed by atoms with Gasteiger partial charge < -0.3 is 15.4 Å². The summed E-state index contributed by atoms with van der Waals surface area (Å²) in [4.78, 5) is 11.8. The molecule has 1 aromatic heterocycles. The molecule has 0 spiro atoms. The number of hydrogen-bond donors (Lipinski definition) is 2. The summed E-state index contributed by atoms with van der Waals surface area (Å²) >= 11 is 0. The number of carbonyl (C=O) groups is 1. The van der Waals surface area contributed by atoms with Crippen molar-refractivity contribution in [2.24, 2.45) is 5.92 Å². The van der Waals surface area contributed by atoms with E-state index in [4.69, 9.17) is 4.74 Å². The number of nitrogens with one attached hydrogen (secondary N) is 2. The first-order valence-electron chi connectivity index (χ1n) is 6.17. The van der Waals surface area contributed by atoms with E-state index in [1.54, 1.807) is 19.2 Å². The van der Waals surface area contributed by atoms with Crippen LogP contribution in [0.4, 0.5) is 5.82 Å². The van der Waals surface area contributed by atoms with E-state index in [0.29, 0.717) is 24.0 Å². The summed E-state index contributed by atoms with van der Waals surface area (Å²) in [5, 5.41) is 13.5. The van der Waals surface area contributed by atoms with Gasteiger partial charge in [0.25, 0.3) is 5.91 Å². The Balaban J connectivity index is 1.82. The van der Waals surface area contributed by atoms with Gasteiger partial charge >= 0.3 is 0 Å². The van der Waals surface area contributed by atoms with Crippen molar-refractivity contribution >= 4 is 11.7 Å². The van der Waals surface area contributed by atoms with Gasteiger partial charge in [0.1, 0.15) is 5.82 Å². The second-order valence-corrected chi connectivity index (χ2v) is 4.32. The number of aromatic nitrogens is 2. The molecule has 1 aliphatic heterocycles. The van der Waals surface area contributed by atoms with Crippen LogP contribution in [0.2, 0.25) is 0 Å². The van der Waals surface area contributed by atoms with E-state index in [1.807, 2.05) is 0 Å². The average Bonchev–Trinajstić information content (AvgIpc) is 2.46. The van der Waals surface area contributed by atoms with Crippen LogP contribution < -0.4 is 10.6 Å². The van der Waals surface area contributed by atoms with Crippen molar-refractivity contribution in [3.63, 3.8) is 0 Å². The van der Waals surface area contributed by atoms with Crippen LogP contribution in [-0.2, 0) is 4.74 Å². The van der Waals surface area contributed by atoms with Gasteiger partial charge in [0.2, 0.25) is 0 Å². The average molecular weight is 250 g/mol. The summed E-state index contributed by atoms with van der Waals surface area (Å²) in [5.74, 6) is 0.986. The highest BCUT2D eigenvalue weighted by molar-refractivity contribution is 5.92. The number of hydrogen-bond acceptors (Lipinski definition) is 5. The lowest BCUT2D eigenvalue weighted by molar-refractivity contribution is 0.0642. The Kier molecular flexibility index (Phi) is 4.46. The molecule has 2 heterocycles. The van der Waals surface area contributed by atoms with Crippen LogP contribution >= 0.6 is 0 Å². The Bertz CT molecular complexity index is 388. The van der Waals surface area contributed by atoms with Gasteiger partial charge in [-0.2, -0.15) is 0 Å². The first kappa shape index (κ1) is 12.8. The normalized spacial score (nSPS) is 16.3. The number of carbonyl (C=O) groups excluding carboxylic acids is 1. The molecule has 2 rings (SSSR count). The zero-order valence-corrected chi connectivity index (χ0v) is 10.5. The van der Waals surface area contributed by atoms with Crippen LogP contribution in [-0.4, -0.2) is 42.9 Å². The highest BCUT2D eigenvalue weighted by Gasteiger charge is 2.15. The van der Waals surface area contributed by atoms with Gasteiger partial charge in [-0.3, -0.25) is 4.79 Å². The third kappa shape index (κ3) is 3.40. The maximum atomic E-state index is 11.8. The molecule has 0 bridgehead atoms. The van der Waals surface area contributed by atoms with Crippen molar-refractivity contribution < 1.29 is 9.53 Å². The van der Waals surface area contributed by atoms with E-state index in [0.717, 1.165) is 26.1 Å². The molecule has 1 saturated heterocycles. The molecule has 6 nitrogen and oxygen atoms in total. The van der Waals surface area contributed by atoms with Crippen molar-refractivity contribution in [1.29, 1.82) is 0 Å². The zero-order valence-electron chi connectivity index (χ0n) is 10.5. The van der Waals surface area contributed by atoms with Crippen LogP contribution in [0.1, 0.15) is 23.3 Å². The van der Waals surface area contributed by atoms with Gasteiger partial charge in [0.05, 0.1) is 0 Å². The van der Waals surface area contributed by atoms with Crippen LogP contribution in [0.15, 0.2) is 12.1 Å². The molecule has 0 aromatic carbocycles. The monoisotopic (exact) mass is 250 g/mol. The van der Waals surface area contributed by atoms with Crippen LogP contribution in [0.25, 0.3) is 0 Å². The van der Waals surface area contributed by atoms with Gasteiger partial charge in [-0.15, -0.1) is 10.2 Å². The minimum atomic E-state index is -0.170. The summed E-state index contributed by atoms with van der Waals surface area (Å²) in [5.41, 5.74) is 0.348. The first-order chi connectivity index (χ1) is 8.79. The SMILES string of the molecule is CNc1ccc(C(=O)NCC2CCOCC2)nn1. The molecular formula is C12H18N4O2. The molecule has 1 aromatic rings. The number of rotatable bonds is 4. The molecule has 6 heteroatoms. The van der Waals surface area contributed by atoms with E-state index in [9.17, 15) is 4.79 Å². The lowest BCUT2D eigenvalue weighted by Crippen LogP contribution is -2.32. The van der Waals surface area contributed by atoms with Crippen molar-refractivity contribution in [1.82, 2.24) is 15.5 Å². The third-order valence-corrected chi connectivity index (χ3v) is 3.05. The maximum Gasteiger partial charge on any atom is 0.271 e. The van der Waals surface area contributed by atoms with Gasteiger partial charge in [0, 0.05) is 26.8 Å². The van der Waals surface area contributed by atoms with Crippen LogP contribution in [0.5, 0.6) is 0 Å². The summed E-state index contributed by atoms with van der Waals surface area (Å²) in [6, 6.07) is 3.40. The van der Waals surface area contributed by atoms with Crippen LogP contribution in [0, 0.1) is 5.92 Å². The van der Waals surface area contributed by atoms with E-state index >= 15 is 0 Å². The number of anilines is 1. The molecule has 0 saturated carbocycles. The molecule has 1 amide bonds. The maximum absolute atomic E-state index is 11.8. The minimum absolute atomic E-state index is 0.170.